The van der Waals surface area contributed by atoms with E-state index < -0.39 is 6.10 Å². The van der Waals surface area contributed by atoms with Crippen LogP contribution < -0.4 is 0 Å². The highest BCUT2D eigenvalue weighted by molar-refractivity contribution is 5.71. The molecule has 0 aliphatic heterocycles. The van der Waals surface area contributed by atoms with Crippen molar-refractivity contribution in [1.29, 1.82) is 0 Å². The van der Waals surface area contributed by atoms with Crippen LogP contribution >= 0.6 is 0 Å². The van der Waals surface area contributed by atoms with Gasteiger partial charge < -0.3 is 14.2 Å². The molecule has 0 radical (unpaired) electrons. The van der Waals surface area contributed by atoms with Crippen LogP contribution in [0.5, 0.6) is 0 Å². The summed E-state index contributed by atoms with van der Waals surface area (Å²) in [5, 5.41) is 0. The summed E-state index contributed by atoms with van der Waals surface area (Å²) < 4.78 is 16.6. The van der Waals surface area contributed by atoms with Crippen molar-refractivity contribution in [2.24, 2.45) is 0 Å². The number of unbranched alkanes of at least 4 members (excludes halogenated alkanes) is 30. The maximum Gasteiger partial charge on any atom is 0.306 e. The first-order valence-corrected chi connectivity index (χ1v) is 22.5. The lowest BCUT2D eigenvalue weighted by Gasteiger charge is -2.18. The van der Waals surface area contributed by atoms with Gasteiger partial charge in [-0.05, 0) is 19.3 Å². The number of rotatable bonds is 41. The molecular weight excluding hydrogens is 636 g/mol. The molecule has 0 amide bonds. The Morgan fingerprint density at radius 2 is 0.529 bits per heavy atom. The summed E-state index contributed by atoms with van der Waals surface area (Å²) in [6, 6.07) is 0. The Bertz CT molecular complexity index is 753. The summed E-state index contributed by atoms with van der Waals surface area (Å²) in [4.78, 5) is 37.4. The molecule has 0 N–H and O–H groups in total. The zero-order valence-electron chi connectivity index (χ0n) is 34.4. The normalized spacial score (nSPS) is 11.8. The summed E-state index contributed by atoms with van der Waals surface area (Å²) in [6.07, 6.45) is 41.1. The van der Waals surface area contributed by atoms with Crippen molar-refractivity contribution in [2.75, 3.05) is 13.2 Å². The maximum atomic E-state index is 12.6. The molecule has 302 valence electrons. The number of esters is 3. The minimum absolute atomic E-state index is 0.0638. The van der Waals surface area contributed by atoms with Crippen LogP contribution in [0.1, 0.15) is 252 Å². The van der Waals surface area contributed by atoms with E-state index in [1.165, 1.54) is 148 Å². The van der Waals surface area contributed by atoms with Gasteiger partial charge in [0, 0.05) is 19.3 Å². The van der Waals surface area contributed by atoms with Gasteiger partial charge in [0.1, 0.15) is 13.2 Å². The van der Waals surface area contributed by atoms with Crippen molar-refractivity contribution < 1.29 is 28.6 Å². The van der Waals surface area contributed by atoms with E-state index >= 15 is 0 Å². The van der Waals surface area contributed by atoms with Crippen LogP contribution in [0.4, 0.5) is 0 Å². The monoisotopic (exact) mass is 723 g/mol. The van der Waals surface area contributed by atoms with Gasteiger partial charge in [0.25, 0.3) is 0 Å². The van der Waals surface area contributed by atoms with Crippen LogP contribution in [0.15, 0.2) is 0 Å². The van der Waals surface area contributed by atoms with Gasteiger partial charge in [-0.25, -0.2) is 0 Å². The highest BCUT2D eigenvalue weighted by Crippen LogP contribution is 2.16. The number of hydrogen-bond acceptors (Lipinski definition) is 6. The third-order valence-corrected chi connectivity index (χ3v) is 10.1. The number of ether oxygens (including phenoxy) is 3. The van der Waals surface area contributed by atoms with E-state index in [1.54, 1.807) is 0 Å². The lowest BCUT2D eigenvalue weighted by atomic mass is 10.0. The Balaban J connectivity index is 4.17. The first kappa shape index (κ1) is 49.4. The van der Waals surface area contributed by atoms with Gasteiger partial charge in [-0.3, -0.25) is 14.4 Å². The van der Waals surface area contributed by atoms with Gasteiger partial charge in [0.2, 0.25) is 0 Å². The molecular formula is C45H86O6. The zero-order valence-corrected chi connectivity index (χ0v) is 34.4. The molecule has 6 nitrogen and oxygen atoms in total. The zero-order chi connectivity index (χ0) is 37.3. The second-order valence-electron chi connectivity index (χ2n) is 15.3. The largest absolute Gasteiger partial charge is 0.462 e. The van der Waals surface area contributed by atoms with Gasteiger partial charge in [-0.15, -0.1) is 0 Å². The van der Waals surface area contributed by atoms with Crippen LogP contribution in [0.2, 0.25) is 0 Å². The summed E-state index contributed by atoms with van der Waals surface area (Å²) >= 11 is 0. The van der Waals surface area contributed by atoms with Gasteiger partial charge in [-0.1, -0.05) is 213 Å². The van der Waals surface area contributed by atoms with E-state index in [2.05, 4.69) is 20.8 Å². The molecule has 0 heterocycles. The molecule has 1 atom stereocenters. The quantitative estimate of drug-likeness (QED) is 0.0355. The van der Waals surface area contributed by atoms with Crippen molar-refractivity contribution in [1.82, 2.24) is 0 Å². The predicted molar refractivity (Wildman–Crippen MR) is 215 cm³/mol. The van der Waals surface area contributed by atoms with Crippen LogP contribution in [0.25, 0.3) is 0 Å². The third-order valence-electron chi connectivity index (χ3n) is 10.1. The topological polar surface area (TPSA) is 78.9 Å². The fraction of sp³-hybridized carbons (Fsp3) is 0.933. The smallest absolute Gasteiger partial charge is 0.306 e. The third kappa shape index (κ3) is 39.5. The van der Waals surface area contributed by atoms with Crippen LogP contribution in [0.3, 0.4) is 0 Å². The molecule has 0 bridgehead atoms. The Kier molecular flexibility index (Phi) is 39.9. The molecule has 0 saturated heterocycles. The van der Waals surface area contributed by atoms with E-state index in [0.717, 1.165) is 64.2 Å². The average molecular weight is 723 g/mol. The molecule has 51 heavy (non-hydrogen) atoms. The lowest BCUT2D eigenvalue weighted by molar-refractivity contribution is -0.167. The Morgan fingerprint density at radius 1 is 0.314 bits per heavy atom. The molecule has 0 aromatic heterocycles. The van der Waals surface area contributed by atoms with E-state index in [4.69, 9.17) is 14.2 Å². The molecule has 0 aromatic carbocycles. The molecule has 0 fully saturated rings. The predicted octanol–water partition coefficient (Wildman–Crippen LogP) is 14.1. The van der Waals surface area contributed by atoms with Crippen LogP contribution in [-0.2, 0) is 28.6 Å². The second-order valence-corrected chi connectivity index (χ2v) is 15.3. The summed E-state index contributed by atoms with van der Waals surface area (Å²) in [6.45, 7) is 6.57. The van der Waals surface area contributed by atoms with Crippen molar-refractivity contribution >= 4 is 17.9 Å². The van der Waals surface area contributed by atoms with Crippen LogP contribution in [0, 0.1) is 0 Å². The second kappa shape index (κ2) is 41.2. The van der Waals surface area contributed by atoms with Gasteiger partial charge in [0.05, 0.1) is 0 Å². The van der Waals surface area contributed by atoms with E-state index in [-0.39, 0.29) is 31.1 Å². The van der Waals surface area contributed by atoms with E-state index in [9.17, 15) is 14.4 Å². The first-order valence-electron chi connectivity index (χ1n) is 22.5. The van der Waals surface area contributed by atoms with E-state index in [0.29, 0.717) is 19.3 Å². The Labute approximate surface area is 317 Å². The molecule has 0 aliphatic carbocycles. The van der Waals surface area contributed by atoms with Crippen molar-refractivity contribution in [2.45, 2.75) is 258 Å². The van der Waals surface area contributed by atoms with Gasteiger partial charge >= 0.3 is 17.9 Å². The minimum atomic E-state index is -0.756. The highest BCUT2D eigenvalue weighted by atomic mass is 16.6. The number of carbonyl (C=O) groups is 3. The maximum absolute atomic E-state index is 12.6. The summed E-state index contributed by atoms with van der Waals surface area (Å²) in [5.41, 5.74) is 0. The summed E-state index contributed by atoms with van der Waals surface area (Å²) in [5.74, 6) is -0.866. The number of carbonyl (C=O) groups excluding carboxylic acids is 3. The number of hydrogen-bond donors (Lipinski definition) is 0. The Morgan fingerprint density at radius 3 is 0.784 bits per heavy atom. The molecule has 0 spiro atoms. The molecule has 1 unspecified atom stereocenters. The molecule has 0 aromatic rings. The molecule has 6 heteroatoms. The minimum Gasteiger partial charge on any atom is -0.462 e. The first-order chi connectivity index (χ1) is 25.0. The summed E-state index contributed by atoms with van der Waals surface area (Å²) in [7, 11) is 0. The fourth-order valence-electron chi connectivity index (χ4n) is 6.68. The lowest BCUT2D eigenvalue weighted by Crippen LogP contribution is -2.30. The van der Waals surface area contributed by atoms with Gasteiger partial charge in [-0.2, -0.15) is 0 Å². The molecule has 0 aliphatic rings. The highest BCUT2D eigenvalue weighted by Gasteiger charge is 2.19. The molecule has 0 rings (SSSR count). The standard InChI is InChI=1S/C45H86O6/c1-4-7-10-13-15-17-19-21-22-24-25-27-29-32-35-38-44(47)50-41-42(40-49-43(46)37-34-31-12-9-6-3)51-45(48)39-36-33-30-28-26-23-20-18-16-14-11-8-5-2/h42H,4-41H2,1-3H3. The van der Waals surface area contributed by atoms with E-state index in [1.807, 2.05) is 0 Å². The van der Waals surface area contributed by atoms with Crippen molar-refractivity contribution in [3.63, 3.8) is 0 Å². The van der Waals surface area contributed by atoms with Gasteiger partial charge in [0.15, 0.2) is 6.10 Å². The fourth-order valence-corrected chi connectivity index (χ4v) is 6.68. The van der Waals surface area contributed by atoms with Crippen LogP contribution in [-0.4, -0.2) is 37.2 Å². The SMILES string of the molecule is CCCCCCCCCCCCCCCCCC(=O)OCC(COC(=O)CCCCCCC)OC(=O)CCCCCCCCCCCCCCC. The molecule has 0 saturated carbocycles. The van der Waals surface area contributed by atoms with Crippen molar-refractivity contribution in [3.05, 3.63) is 0 Å². The Hall–Kier alpha value is -1.59. The average Bonchev–Trinajstić information content (AvgIpc) is 3.12. The van der Waals surface area contributed by atoms with Crippen molar-refractivity contribution in [3.8, 4) is 0 Å².